The lowest BCUT2D eigenvalue weighted by Gasteiger charge is -2.25. The first-order valence-electron chi connectivity index (χ1n) is 17.4. The van der Waals surface area contributed by atoms with Gasteiger partial charge in [0.25, 0.3) is 0 Å². The molecule has 7 aromatic rings. The monoisotopic (exact) mass is 695 g/mol. The maximum atomic E-state index is 6.52. The van der Waals surface area contributed by atoms with E-state index in [1.165, 1.54) is 25.1 Å². The normalized spacial score (nSPS) is 20.5. The van der Waals surface area contributed by atoms with Gasteiger partial charge in [0.2, 0.25) is 0 Å². The second-order valence-electron chi connectivity index (χ2n) is 13.5. The third-order valence-corrected chi connectivity index (χ3v) is 13.0. The van der Waals surface area contributed by atoms with Gasteiger partial charge < -0.3 is 10.3 Å². The molecule has 246 valence electrons. The van der Waals surface area contributed by atoms with Crippen LogP contribution in [0.1, 0.15) is 24.5 Å². The Labute approximate surface area is 304 Å². The average molecular weight is 696 g/mol. The topological polar surface area (TPSA) is 63.9 Å². The minimum Gasteiger partial charge on any atom is -0.456 e. The number of hydrazone groups is 1. The Morgan fingerprint density at radius 1 is 0.804 bits per heavy atom. The number of amidine groups is 1. The molecule has 1 aliphatic heterocycles. The smallest absolute Gasteiger partial charge is 0.180 e. The first kappa shape index (κ1) is 30.4. The molecule has 51 heavy (non-hydrogen) atoms. The van der Waals surface area contributed by atoms with Crippen molar-refractivity contribution in [3.8, 4) is 11.1 Å². The molecule has 3 heterocycles. The molecule has 2 N–H and O–H groups in total. The molecule has 0 fully saturated rings. The number of nitrogens with two attached hydrogens (primary N) is 1. The number of benzene rings is 5. The van der Waals surface area contributed by atoms with E-state index in [1.807, 2.05) is 47.4 Å². The highest BCUT2D eigenvalue weighted by atomic mass is 32.2. The first-order chi connectivity index (χ1) is 25.1. The van der Waals surface area contributed by atoms with Crippen molar-refractivity contribution in [3.63, 3.8) is 0 Å². The largest absolute Gasteiger partial charge is 0.456 e. The molecule has 3 atom stereocenters. The van der Waals surface area contributed by atoms with Gasteiger partial charge in [0.15, 0.2) is 5.84 Å². The van der Waals surface area contributed by atoms with Gasteiger partial charge in [-0.25, -0.2) is 4.99 Å². The molecule has 4 nitrogen and oxygen atoms in total. The molecular formula is C45H33N3OS2. The van der Waals surface area contributed by atoms with E-state index >= 15 is 0 Å². The maximum absolute atomic E-state index is 6.52. The SMILES string of the molecule is CC1CC=CC2=C1C1C=CC(C(=N/C(=N\N)c3cccc4oc5cccc(-c6ccc7c(c6)sc6ccccc67)c5c34)c3ccccc3)=CC1S2. The number of thioether (sulfide) groups is 1. The summed E-state index contributed by atoms with van der Waals surface area (Å²) in [6.45, 7) is 2.35. The molecule has 6 heteroatoms. The van der Waals surface area contributed by atoms with Crippen LogP contribution in [0.25, 0.3) is 53.2 Å². The van der Waals surface area contributed by atoms with Gasteiger partial charge >= 0.3 is 0 Å². The van der Waals surface area contributed by atoms with Crippen molar-refractivity contribution in [1.82, 2.24) is 0 Å². The Bertz CT molecular complexity index is 2740. The van der Waals surface area contributed by atoms with E-state index in [0.717, 1.165) is 61.9 Å². The third-order valence-electron chi connectivity index (χ3n) is 10.5. The number of rotatable bonds is 4. The van der Waals surface area contributed by atoms with Crippen LogP contribution in [0, 0.1) is 11.8 Å². The van der Waals surface area contributed by atoms with Crippen LogP contribution in [0.5, 0.6) is 0 Å². The lowest BCUT2D eigenvalue weighted by atomic mass is 9.79. The number of fused-ring (bicyclic) bond motifs is 8. The van der Waals surface area contributed by atoms with Gasteiger partial charge in [-0.3, -0.25) is 0 Å². The van der Waals surface area contributed by atoms with E-state index < -0.39 is 0 Å². The summed E-state index contributed by atoms with van der Waals surface area (Å²) in [5, 5.41) is 9.26. The predicted octanol–water partition coefficient (Wildman–Crippen LogP) is 11.8. The highest BCUT2D eigenvalue weighted by Crippen LogP contribution is 2.51. The fraction of sp³-hybridized carbons (Fsp3) is 0.111. The molecular weight excluding hydrogens is 663 g/mol. The van der Waals surface area contributed by atoms with E-state index in [9.17, 15) is 0 Å². The van der Waals surface area contributed by atoms with E-state index in [0.29, 0.717) is 22.9 Å². The fourth-order valence-electron chi connectivity index (χ4n) is 8.13. The van der Waals surface area contributed by atoms with Crippen LogP contribution in [0.3, 0.4) is 0 Å². The van der Waals surface area contributed by atoms with Crippen LogP contribution in [-0.2, 0) is 0 Å². The minimum absolute atomic E-state index is 0.328. The molecule has 5 aromatic carbocycles. The lowest BCUT2D eigenvalue weighted by molar-refractivity contribution is 0.600. The number of thiophene rings is 1. The number of furan rings is 1. The number of hydrogen-bond acceptors (Lipinski definition) is 5. The van der Waals surface area contributed by atoms with E-state index in [1.54, 1.807) is 5.57 Å². The molecule has 3 aliphatic rings. The summed E-state index contributed by atoms with van der Waals surface area (Å²) >= 11 is 3.80. The van der Waals surface area contributed by atoms with E-state index in [-0.39, 0.29) is 0 Å². The van der Waals surface area contributed by atoms with Gasteiger partial charge in [0.1, 0.15) is 11.2 Å². The molecule has 0 saturated carbocycles. The average Bonchev–Trinajstić information content (AvgIpc) is 3.86. The van der Waals surface area contributed by atoms with Crippen molar-refractivity contribution in [2.75, 3.05) is 0 Å². The van der Waals surface area contributed by atoms with Crippen LogP contribution in [0.15, 0.2) is 170 Å². The summed E-state index contributed by atoms with van der Waals surface area (Å²) < 4.78 is 9.07. The quantitative estimate of drug-likeness (QED) is 0.0863. The molecule has 0 saturated heterocycles. The van der Waals surface area contributed by atoms with Crippen molar-refractivity contribution in [2.45, 2.75) is 18.6 Å². The Hall–Kier alpha value is -5.43. The molecule has 2 aromatic heterocycles. The van der Waals surface area contributed by atoms with Crippen molar-refractivity contribution in [3.05, 3.63) is 167 Å². The maximum Gasteiger partial charge on any atom is 0.180 e. The summed E-state index contributed by atoms with van der Waals surface area (Å²) in [5.41, 5.74) is 9.18. The summed E-state index contributed by atoms with van der Waals surface area (Å²) in [6.07, 6.45) is 12.8. The van der Waals surface area contributed by atoms with Crippen molar-refractivity contribution in [1.29, 1.82) is 0 Å². The zero-order valence-corrected chi connectivity index (χ0v) is 29.5. The van der Waals surface area contributed by atoms with Crippen molar-refractivity contribution < 1.29 is 4.42 Å². The van der Waals surface area contributed by atoms with Gasteiger partial charge in [-0.05, 0) is 58.9 Å². The Morgan fingerprint density at radius 2 is 1.61 bits per heavy atom. The number of nitrogens with zero attached hydrogens (tertiary/aromatic N) is 2. The van der Waals surface area contributed by atoms with Crippen LogP contribution >= 0.6 is 23.1 Å². The zero-order valence-electron chi connectivity index (χ0n) is 27.9. The van der Waals surface area contributed by atoms with Crippen LogP contribution in [0.2, 0.25) is 0 Å². The summed E-state index contributed by atoms with van der Waals surface area (Å²) in [7, 11) is 0. The summed E-state index contributed by atoms with van der Waals surface area (Å²) in [5.74, 6) is 7.72. The zero-order chi connectivity index (χ0) is 34.1. The molecule has 0 radical (unpaired) electrons. The van der Waals surface area contributed by atoms with Gasteiger partial charge in [0.05, 0.1) is 5.71 Å². The second-order valence-corrected chi connectivity index (χ2v) is 15.8. The number of allylic oxidation sites excluding steroid dienone is 6. The lowest BCUT2D eigenvalue weighted by Crippen LogP contribution is -2.20. The molecule has 2 aliphatic carbocycles. The van der Waals surface area contributed by atoms with Crippen molar-refractivity contribution in [2.24, 2.45) is 27.8 Å². The first-order valence-corrected chi connectivity index (χ1v) is 19.1. The van der Waals surface area contributed by atoms with Crippen LogP contribution < -0.4 is 5.84 Å². The second kappa shape index (κ2) is 12.1. The molecule has 3 unspecified atom stereocenters. The Balaban J connectivity index is 1.12. The minimum atomic E-state index is 0.328. The third kappa shape index (κ3) is 4.96. The Kier molecular flexibility index (Phi) is 7.22. The summed E-state index contributed by atoms with van der Waals surface area (Å²) in [4.78, 5) is 6.75. The standard InChI is InChI=1S/C45H33N3OS2/c1-26-10-7-19-38-41(26)33-23-21-29(25-40(33)51-38)44(27-11-3-2-4-12-27)47-45(48-46)34-15-9-17-36-43(34)42-30(14-8-16-35(42)49-36)28-20-22-32-31-13-5-6-18-37(31)50-39(32)24-28/h2-9,11-26,33,40H,10,46H2,1H3/b47-44?,48-45-. The van der Waals surface area contributed by atoms with E-state index in [2.05, 4.69) is 127 Å². The van der Waals surface area contributed by atoms with E-state index in [4.69, 9.17) is 15.3 Å². The Morgan fingerprint density at radius 3 is 2.49 bits per heavy atom. The van der Waals surface area contributed by atoms with Crippen LogP contribution in [0.4, 0.5) is 0 Å². The highest BCUT2D eigenvalue weighted by Gasteiger charge is 2.37. The predicted molar refractivity (Wildman–Crippen MR) is 218 cm³/mol. The van der Waals surface area contributed by atoms with Gasteiger partial charge in [-0.2, -0.15) is 5.10 Å². The molecule has 10 rings (SSSR count). The van der Waals surface area contributed by atoms with Crippen LogP contribution in [-0.4, -0.2) is 16.8 Å². The van der Waals surface area contributed by atoms with Gasteiger partial charge in [-0.15, -0.1) is 23.1 Å². The number of aliphatic imine (C=N–C) groups is 1. The van der Waals surface area contributed by atoms with Gasteiger partial charge in [0, 0.05) is 58.1 Å². The summed E-state index contributed by atoms with van der Waals surface area (Å²) in [6, 6.07) is 38.1. The molecule has 0 bridgehead atoms. The number of hydrogen-bond donors (Lipinski definition) is 1. The highest BCUT2D eigenvalue weighted by molar-refractivity contribution is 8.04. The van der Waals surface area contributed by atoms with Gasteiger partial charge in [-0.1, -0.05) is 122 Å². The van der Waals surface area contributed by atoms with Crippen molar-refractivity contribution >= 4 is 76.8 Å². The molecule has 0 spiro atoms. The fourth-order valence-corrected chi connectivity index (χ4v) is 10.8. The molecule has 0 amide bonds.